The van der Waals surface area contributed by atoms with Crippen LogP contribution in [-0.4, -0.2) is 18.6 Å². The molecule has 0 spiro atoms. The van der Waals surface area contributed by atoms with Gasteiger partial charge in [0.15, 0.2) is 0 Å². The molecule has 0 aliphatic rings. The Morgan fingerprint density at radius 3 is 2.75 bits per heavy atom. The van der Waals surface area contributed by atoms with E-state index < -0.39 is 4.92 Å². The van der Waals surface area contributed by atoms with Crippen molar-refractivity contribution in [2.24, 2.45) is 5.84 Å². The van der Waals surface area contributed by atoms with E-state index in [9.17, 15) is 10.1 Å². The van der Waals surface area contributed by atoms with Crippen LogP contribution >= 0.6 is 0 Å². The van der Waals surface area contributed by atoms with Crippen molar-refractivity contribution in [2.75, 3.05) is 19.1 Å². The van der Waals surface area contributed by atoms with Crippen molar-refractivity contribution < 1.29 is 9.66 Å². The number of hydrogen-bond acceptors (Lipinski definition) is 5. The highest BCUT2D eigenvalue weighted by Crippen LogP contribution is 2.28. The van der Waals surface area contributed by atoms with Gasteiger partial charge in [0.25, 0.3) is 5.69 Å². The number of methoxy groups -OCH3 is 1. The van der Waals surface area contributed by atoms with Gasteiger partial charge in [0.1, 0.15) is 0 Å². The number of aryl methyl sites for hydroxylation is 1. The van der Waals surface area contributed by atoms with E-state index >= 15 is 0 Å². The molecule has 0 aromatic heterocycles. The normalized spacial score (nSPS) is 10.2. The Balaban J connectivity index is 3.21. The van der Waals surface area contributed by atoms with Gasteiger partial charge in [-0.2, -0.15) is 0 Å². The summed E-state index contributed by atoms with van der Waals surface area (Å²) < 4.78 is 4.92. The quantitative estimate of drug-likeness (QED) is 0.449. The molecule has 0 saturated heterocycles. The number of nitrogens with zero attached hydrogens (tertiary/aromatic N) is 1. The zero-order valence-electron chi connectivity index (χ0n) is 9.32. The molecule has 0 bridgehead atoms. The number of anilines is 1. The molecule has 0 radical (unpaired) electrons. The van der Waals surface area contributed by atoms with Crippen molar-refractivity contribution in [3.05, 3.63) is 33.4 Å². The molecule has 88 valence electrons. The molecule has 6 nitrogen and oxygen atoms in total. The maximum Gasteiger partial charge on any atom is 0.275 e. The first-order valence-corrected chi connectivity index (χ1v) is 4.83. The van der Waals surface area contributed by atoms with E-state index in [1.807, 2.05) is 0 Å². The van der Waals surface area contributed by atoms with Crippen LogP contribution in [0, 0.1) is 17.0 Å². The van der Waals surface area contributed by atoms with Gasteiger partial charge in [-0.1, -0.05) is 0 Å². The smallest absolute Gasteiger partial charge is 0.275 e. The molecule has 3 N–H and O–H groups in total. The number of benzene rings is 1. The second-order valence-corrected chi connectivity index (χ2v) is 3.45. The van der Waals surface area contributed by atoms with Gasteiger partial charge >= 0.3 is 0 Å². The van der Waals surface area contributed by atoms with Gasteiger partial charge in [0.05, 0.1) is 22.8 Å². The van der Waals surface area contributed by atoms with E-state index in [0.29, 0.717) is 24.3 Å². The minimum absolute atomic E-state index is 0.0741. The zero-order valence-corrected chi connectivity index (χ0v) is 9.32. The van der Waals surface area contributed by atoms with Crippen molar-refractivity contribution in [1.82, 2.24) is 0 Å². The van der Waals surface area contributed by atoms with Gasteiger partial charge in [-0.3, -0.25) is 16.0 Å². The fourth-order valence-electron chi connectivity index (χ4n) is 1.56. The third-order valence-corrected chi connectivity index (χ3v) is 2.28. The first kappa shape index (κ1) is 12.4. The zero-order chi connectivity index (χ0) is 12.1. The van der Waals surface area contributed by atoms with E-state index in [1.165, 1.54) is 6.07 Å². The number of nitro benzene ring substituents is 1. The molecule has 1 aromatic carbocycles. The fourth-order valence-corrected chi connectivity index (χ4v) is 1.56. The lowest BCUT2D eigenvalue weighted by molar-refractivity contribution is -0.385. The van der Waals surface area contributed by atoms with Crippen LogP contribution < -0.4 is 11.3 Å². The van der Waals surface area contributed by atoms with Gasteiger partial charge in [-0.05, 0) is 18.6 Å². The molecule has 1 aromatic rings. The maximum atomic E-state index is 10.9. The summed E-state index contributed by atoms with van der Waals surface area (Å²) in [6.07, 6.45) is 0.451. The van der Waals surface area contributed by atoms with Crippen LogP contribution in [0.15, 0.2) is 12.1 Å². The first-order valence-electron chi connectivity index (χ1n) is 4.83. The van der Waals surface area contributed by atoms with E-state index in [1.54, 1.807) is 20.1 Å². The Hall–Kier alpha value is -1.66. The third kappa shape index (κ3) is 2.68. The Labute approximate surface area is 93.5 Å². The SMILES string of the molecule is COCCc1c(NN)cc(C)cc1[N+](=O)[O-]. The molecule has 6 heteroatoms. The first-order chi connectivity index (χ1) is 7.60. The summed E-state index contributed by atoms with van der Waals surface area (Å²) in [5.74, 6) is 5.35. The van der Waals surface area contributed by atoms with Crippen LogP contribution in [0.2, 0.25) is 0 Å². The van der Waals surface area contributed by atoms with Crippen molar-refractivity contribution in [3.63, 3.8) is 0 Å². The van der Waals surface area contributed by atoms with Crippen LogP contribution in [0.5, 0.6) is 0 Å². The highest BCUT2D eigenvalue weighted by atomic mass is 16.6. The van der Waals surface area contributed by atoms with Gasteiger partial charge in [0.2, 0.25) is 0 Å². The largest absolute Gasteiger partial charge is 0.384 e. The van der Waals surface area contributed by atoms with Crippen LogP contribution in [0.25, 0.3) is 0 Å². The Bertz CT molecular complexity index is 393. The summed E-state index contributed by atoms with van der Waals surface area (Å²) in [6.45, 7) is 2.20. The summed E-state index contributed by atoms with van der Waals surface area (Å²) in [4.78, 5) is 10.5. The van der Waals surface area contributed by atoms with Crippen molar-refractivity contribution in [1.29, 1.82) is 0 Å². The molecule has 0 heterocycles. The molecule has 0 amide bonds. The number of nitrogens with one attached hydrogen (secondary N) is 1. The molecule has 0 aliphatic heterocycles. The lowest BCUT2D eigenvalue weighted by atomic mass is 10.0. The fraction of sp³-hybridized carbons (Fsp3) is 0.400. The predicted molar refractivity (Wildman–Crippen MR) is 61.2 cm³/mol. The van der Waals surface area contributed by atoms with E-state index in [2.05, 4.69) is 5.43 Å². The molecule has 0 unspecified atom stereocenters. The molecular weight excluding hydrogens is 210 g/mol. The van der Waals surface area contributed by atoms with Crippen molar-refractivity contribution in [3.8, 4) is 0 Å². The molecule has 1 rings (SSSR count). The minimum atomic E-state index is -0.404. The minimum Gasteiger partial charge on any atom is -0.384 e. The summed E-state index contributed by atoms with van der Waals surface area (Å²) in [5, 5.41) is 10.9. The van der Waals surface area contributed by atoms with E-state index in [0.717, 1.165) is 5.56 Å². The van der Waals surface area contributed by atoms with Gasteiger partial charge in [-0.25, -0.2) is 0 Å². The Morgan fingerprint density at radius 1 is 1.56 bits per heavy atom. The van der Waals surface area contributed by atoms with Crippen LogP contribution in [0.3, 0.4) is 0 Å². The average Bonchev–Trinajstić information content (AvgIpc) is 2.26. The lowest BCUT2D eigenvalue weighted by Crippen LogP contribution is -2.12. The average molecular weight is 225 g/mol. The number of ether oxygens (including phenoxy) is 1. The highest BCUT2D eigenvalue weighted by Gasteiger charge is 2.17. The van der Waals surface area contributed by atoms with Crippen LogP contribution in [0.1, 0.15) is 11.1 Å². The number of hydrogen-bond donors (Lipinski definition) is 2. The molecular formula is C10H15N3O3. The number of nitro groups is 1. The molecule has 0 fully saturated rings. The van der Waals surface area contributed by atoms with Crippen molar-refractivity contribution >= 4 is 11.4 Å². The summed E-state index contributed by atoms with van der Waals surface area (Å²) in [7, 11) is 1.55. The predicted octanol–water partition coefficient (Wildman–Crippen LogP) is 1.38. The summed E-state index contributed by atoms with van der Waals surface area (Å²) in [5.41, 5.74) is 4.49. The monoisotopic (exact) mass is 225 g/mol. The number of nitrogens with two attached hydrogens (primary N) is 1. The topological polar surface area (TPSA) is 90.4 Å². The molecule has 0 saturated carbocycles. The van der Waals surface area contributed by atoms with E-state index in [4.69, 9.17) is 10.6 Å². The number of hydrazine groups is 1. The van der Waals surface area contributed by atoms with Crippen molar-refractivity contribution in [2.45, 2.75) is 13.3 Å². The second-order valence-electron chi connectivity index (χ2n) is 3.45. The molecule has 0 aliphatic carbocycles. The number of nitrogen functional groups attached to an aromatic ring is 1. The third-order valence-electron chi connectivity index (χ3n) is 2.28. The summed E-state index contributed by atoms with van der Waals surface area (Å²) in [6, 6.07) is 3.31. The second kappa shape index (κ2) is 5.43. The van der Waals surface area contributed by atoms with Gasteiger partial charge in [0, 0.05) is 19.6 Å². The van der Waals surface area contributed by atoms with Crippen LogP contribution in [-0.2, 0) is 11.2 Å². The summed E-state index contributed by atoms with van der Waals surface area (Å²) >= 11 is 0. The van der Waals surface area contributed by atoms with Gasteiger partial charge in [-0.15, -0.1) is 0 Å². The standard InChI is InChI=1S/C10H15N3O3/c1-7-5-9(12-11)8(3-4-16-2)10(6-7)13(14)15/h5-6,12H,3-4,11H2,1-2H3. The Morgan fingerprint density at radius 2 is 2.25 bits per heavy atom. The maximum absolute atomic E-state index is 10.9. The highest BCUT2D eigenvalue weighted by molar-refractivity contribution is 5.62. The Kier molecular flexibility index (Phi) is 4.21. The number of rotatable bonds is 5. The van der Waals surface area contributed by atoms with Crippen LogP contribution in [0.4, 0.5) is 11.4 Å². The lowest BCUT2D eigenvalue weighted by Gasteiger charge is -2.10. The molecule has 0 atom stereocenters. The van der Waals surface area contributed by atoms with E-state index in [-0.39, 0.29) is 5.69 Å². The van der Waals surface area contributed by atoms with Gasteiger partial charge < -0.3 is 10.2 Å². The molecule has 16 heavy (non-hydrogen) atoms.